The second-order valence-electron chi connectivity index (χ2n) is 5.55. The quantitative estimate of drug-likeness (QED) is 0.859. The van der Waals surface area contributed by atoms with Crippen molar-refractivity contribution in [1.82, 2.24) is 15.0 Å². The lowest BCUT2D eigenvalue weighted by atomic mass is 10.1. The number of anilines is 1. The van der Waals surface area contributed by atoms with Crippen molar-refractivity contribution in [3.63, 3.8) is 0 Å². The molecule has 1 aliphatic heterocycles. The molecule has 0 spiro atoms. The van der Waals surface area contributed by atoms with Gasteiger partial charge in [-0.05, 0) is 25.0 Å². The largest absolute Gasteiger partial charge is 0.471 e. The summed E-state index contributed by atoms with van der Waals surface area (Å²) >= 11 is 0. The van der Waals surface area contributed by atoms with Crippen LogP contribution in [0.2, 0.25) is 0 Å². The van der Waals surface area contributed by atoms with Crippen LogP contribution in [-0.2, 0) is 4.74 Å². The van der Waals surface area contributed by atoms with Crippen molar-refractivity contribution in [2.45, 2.75) is 31.1 Å². The molecule has 0 amide bonds. The monoisotopic (exact) mass is 298 g/mol. The first-order valence-corrected chi connectivity index (χ1v) is 7.65. The number of hydrogen-bond donors (Lipinski definition) is 0. The van der Waals surface area contributed by atoms with Crippen LogP contribution in [0.5, 0.6) is 5.88 Å². The van der Waals surface area contributed by atoms with Crippen LogP contribution in [0.25, 0.3) is 0 Å². The summed E-state index contributed by atoms with van der Waals surface area (Å²) in [6, 6.07) is 7.80. The normalized spacial score (nSPS) is 27.5. The van der Waals surface area contributed by atoms with Gasteiger partial charge in [0.05, 0.1) is 12.6 Å². The fourth-order valence-electron chi connectivity index (χ4n) is 3.30. The van der Waals surface area contributed by atoms with E-state index in [4.69, 9.17) is 9.47 Å². The molecule has 1 aliphatic carbocycles. The molecule has 2 aliphatic rings. The van der Waals surface area contributed by atoms with E-state index in [1.54, 1.807) is 18.6 Å². The number of morpholine rings is 1. The highest BCUT2D eigenvalue weighted by Gasteiger charge is 2.45. The zero-order valence-corrected chi connectivity index (χ0v) is 12.2. The van der Waals surface area contributed by atoms with E-state index in [0.717, 1.165) is 25.3 Å². The predicted molar refractivity (Wildman–Crippen MR) is 80.8 cm³/mol. The minimum Gasteiger partial charge on any atom is -0.471 e. The first kappa shape index (κ1) is 13.5. The molecular formula is C16H18N4O2. The minimum absolute atomic E-state index is 0.0337. The Balaban J connectivity index is 1.51. The summed E-state index contributed by atoms with van der Waals surface area (Å²) in [5, 5.41) is 0. The van der Waals surface area contributed by atoms with Crippen LogP contribution >= 0.6 is 0 Å². The Bertz CT molecular complexity index is 610. The summed E-state index contributed by atoms with van der Waals surface area (Å²) in [6.07, 6.45) is 7.35. The van der Waals surface area contributed by atoms with E-state index < -0.39 is 0 Å². The van der Waals surface area contributed by atoms with Gasteiger partial charge in [-0.3, -0.25) is 0 Å². The lowest BCUT2D eigenvalue weighted by Gasteiger charge is -2.38. The molecule has 1 saturated heterocycles. The van der Waals surface area contributed by atoms with Gasteiger partial charge in [0.15, 0.2) is 0 Å². The van der Waals surface area contributed by atoms with E-state index in [0.29, 0.717) is 12.5 Å². The summed E-state index contributed by atoms with van der Waals surface area (Å²) < 4.78 is 12.0. The van der Waals surface area contributed by atoms with E-state index >= 15 is 0 Å². The zero-order chi connectivity index (χ0) is 14.8. The molecule has 0 unspecified atom stereocenters. The summed E-state index contributed by atoms with van der Waals surface area (Å²) in [5.41, 5.74) is 0. The molecule has 114 valence electrons. The van der Waals surface area contributed by atoms with Crippen LogP contribution in [0.1, 0.15) is 12.8 Å². The molecular weight excluding hydrogens is 280 g/mol. The Kier molecular flexibility index (Phi) is 3.60. The van der Waals surface area contributed by atoms with Gasteiger partial charge in [-0.1, -0.05) is 6.07 Å². The van der Waals surface area contributed by atoms with Crippen LogP contribution in [0.3, 0.4) is 0 Å². The molecule has 3 atom stereocenters. The van der Waals surface area contributed by atoms with Crippen molar-refractivity contribution in [1.29, 1.82) is 0 Å². The van der Waals surface area contributed by atoms with Gasteiger partial charge in [0.25, 0.3) is 0 Å². The Morgan fingerprint density at radius 3 is 2.73 bits per heavy atom. The average Bonchev–Trinajstić information content (AvgIpc) is 3.00. The van der Waals surface area contributed by atoms with Crippen LogP contribution in [-0.4, -0.2) is 46.4 Å². The van der Waals surface area contributed by atoms with Crippen molar-refractivity contribution in [3.05, 3.63) is 42.9 Å². The fourth-order valence-corrected chi connectivity index (χ4v) is 3.30. The Morgan fingerprint density at radius 1 is 1.05 bits per heavy atom. The molecule has 2 fully saturated rings. The van der Waals surface area contributed by atoms with E-state index in [1.807, 2.05) is 24.3 Å². The number of nitrogens with zero attached hydrogens (tertiary/aromatic N) is 4. The molecule has 6 nitrogen and oxygen atoms in total. The Morgan fingerprint density at radius 2 is 1.91 bits per heavy atom. The zero-order valence-electron chi connectivity index (χ0n) is 12.2. The first-order chi connectivity index (χ1) is 10.9. The maximum absolute atomic E-state index is 6.03. The van der Waals surface area contributed by atoms with Gasteiger partial charge in [-0.2, -0.15) is 0 Å². The minimum atomic E-state index is 0.0337. The molecule has 2 aromatic heterocycles. The molecule has 1 saturated carbocycles. The highest BCUT2D eigenvalue weighted by molar-refractivity contribution is 5.33. The third-order valence-corrected chi connectivity index (χ3v) is 4.25. The van der Waals surface area contributed by atoms with Crippen LogP contribution < -0.4 is 9.64 Å². The van der Waals surface area contributed by atoms with E-state index in [-0.39, 0.29) is 18.2 Å². The molecule has 22 heavy (non-hydrogen) atoms. The molecule has 4 rings (SSSR count). The summed E-state index contributed by atoms with van der Waals surface area (Å²) in [7, 11) is 0. The second-order valence-corrected chi connectivity index (χ2v) is 5.55. The van der Waals surface area contributed by atoms with Crippen molar-refractivity contribution in [2.75, 3.05) is 18.1 Å². The van der Waals surface area contributed by atoms with E-state index in [2.05, 4.69) is 19.9 Å². The van der Waals surface area contributed by atoms with Crippen LogP contribution in [0.4, 0.5) is 5.95 Å². The van der Waals surface area contributed by atoms with Gasteiger partial charge in [0, 0.05) is 31.2 Å². The summed E-state index contributed by atoms with van der Waals surface area (Å²) in [5.74, 6) is 1.43. The van der Waals surface area contributed by atoms with Crippen molar-refractivity contribution in [2.24, 2.45) is 0 Å². The van der Waals surface area contributed by atoms with Crippen molar-refractivity contribution < 1.29 is 9.47 Å². The van der Waals surface area contributed by atoms with Gasteiger partial charge in [0.1, 0.15) is 12.2 Å². The van der Waals surface area contributed by atoms with Gasteiger partial charge in [0.2, 0.25) is 11.8 Å². The first-order valence-electron chi connectivity index (χ1n) is 7.65. The molecule has 0 N–H and O–H groups in total. The van der Waals surface area contributed by atoms with E-state index in [1.165, 1.54) is 0 Å². The third-order valence-electron chi connectivity index (χ3n) is 4.25. The molecule has 3 heterocycles. The van der Waals surface area contributed by atoms with Gasteiger partial charge >= 0.3 is 0 Å². The van der Waals surface area contributed by atoms with E-state index in [9.17, 15) is 0 Å². The molecule has 0 radical (unpaired) electrons. The lowest BCUT2D eigenvalue weighted by molar-refractivity contribution is -0.0322. The Hall–Kier alpha value is -2.21. The number of rotatable bonds is 3. The van der Waals surface area contributed by atoms with Gasteiger partial charge in [-0.15, -0.1) is 0 Å². The maximum atomic E-state index is 6.03. The van der Waals surface area contributed by atoms with Gasteiger partial charge in [-0.25, -0.2) is 15.0 Å². The second kappa shape index (κ2) is 5.88. The SMILES string of the molecule is c1ccc(O[C@H]2CC[C@@H]3[C@@H]2OCCN3c2ncccn2)nc1. The van der Waals surface area contributed by atoms with Crippen LogP contribution in [0.15, 0.2) is 42.9 Å². The Labute approximate surface area is 129 Å². The average molecular weight is 298 g/mol. The lowest BCUT2D eigenvalue weighted by Crippen LogP contribution is -2.53. The standard InChI is InChI=1S/C16H18N4O2/c1-2-7-17-14(4-1)22-13-6-5-12-15(13)21-11-10-20(12)16-18-8-3-9-19-16/h1-4,7-9,12-13,15H,5-6,10-11H2/t12-,13+,15+/m1/s1. The highest BCUT2D eigenvalue weighted by atomic mass is 16.5. The number of ether oxygens (including phenoxy) is 2. The molecule has 0 aromatic carbocycles. The number of pyridine rings is 1. The van der Waals surface area contributed by atoms with Crippen molar-refractivity contribution >= 4 is 5.95 Å². The topological polar surface area (TPSA) is 60.4 Å². The maximum Gasteiger partial charge on any atom is 0.225 e. The third kappa shape index (κ3) is 2.50. The highest BCUT2D eigenvalue weighted by Crippen LogP contribution is 2.33. The van der Waals surface area contributed by atoms with Crippen molar-refractivity contribution in [3.8, 4) is 5.88 Å². The fraction of sp³-hybridized carbons (Fsp3) is 0.438. The van der Waals surface area contributed by atoms with Crippen LogP contribution in [0, 0.1) is 0 Å². The molecule has 2 aromatic rings. The smallest absolute Gasteiger partial charge is 0.225 e. The van der Waals surface area contributed by atoms with Gasteiger partial charge < -0.3 is 14.4 Å². The predicted octanol–water partition coefficient (Wildman–Crippen LogP) is 1.69. The number of hydrogen-bond acceptors (Lipinski definition) is 6. The number of fused-ring (bicyclic) bond motifs is 1. The number of aromatic nitrogens is 3. The summed E-state index contributed by atoms with van der Waals surface area (Å²) in [6.45, 7) is 1.49. The summed E-state index contributed by atoms with van der Waals surface area (Å²) in [4.78, 5) is 15.2. The molecule has 6 heteroatoms. The molecule has 0 bridgehead atoms.